The Bertz CT molecular complexity index is 1100. The molecule has 0 spiro atoms. The zero-order valence-corrected chi connectivity index (χ0v) is 18.9. The second-order valence-corrected chi connectivity index (χ2v) is 10.3. The molecule has 2 unspecified atom stereocenters. The normalized spacial score (nSPS) is 32.4. The summed E-state index contributed by atoms with van der Waals surface area (Å²) in [5, 5.41) is 14.6. The molecule has 0 saturated heterocycles. The predicted octanol–water partition coefficient (Wildman–Crippen LogP) is 3.74. The van der Waals surface area contributed by atoms with Gasteiger partial charge in [-0.05, 0) is 62.8 Å². The number of methoxy groups -OCH3 is 1. The van der Waals surface area contributed by atoms with Gasteiger partial charge in [-0.25, -0.2) is 9.97 Å². The lowest BCUT2D eigenvalue weighted by molar-refractivity contribution is -0.133. The van der Waals surface area contributed by atoms with Gasteiger partial charge in [0.25, 0.3) is 0 Å². The predicted molar refractivity (Wildman–Crippen MR) is 123 cm³/mol. The number of aromatic nitrogens is 3. The fourth-order valence-corrected chi connectivity index (χ4v) is 7.06. The van der Waals surface area contributed by atoms with Crippen LogP contribution in [-0.4, -0.2) is 45.4 Å². The van der Waals surface area contributed by atoms with Gasteiger partial charge in [0, 0.05) is 13.1 Å². The van der Waals surface area contributed by atoms with Gasteiger partial charge in [0.15, 0.2) is 5.82 Å². The lowest BCUT2D eigenvalue weighted by Crippen LogP contribution is -2.65. The van der Waals surface area contributed by atoms with Crippen LogP contribution in [0.25, 0.3) is 0 Å². The average Bonchev–Trinajstić information content (AvgIpc) is 2.98. The quantitative estimate of drug-likeness (QED) is 0.753. The molecule has 1 aliphatic heterocycles. The Morgan fingerprint density at radius 1 is 1.19 bits per heavy atom. The van der Waals surface area contributed by atoms with Crippen LogP contribution in [0.1, 0.15) is 44.1 Å². The van der Waals surface area contributed by atoms with Crippen LogP contribution in [0.4, 0.5) is 23.1 Å². The number of rotatable bonds is 4. The van der Waals surface area contributed by atoms with Crippen LogP contribution in [0.15, 0.2) is 30.9 Å². The summed E-state index contributed by atoms with van der Waals surface area (Å²) >= 11 is 0. The van der Waals surface area contributed by atoms with Crippen LogP contribution < -0.4 is 19.9 Å². The zero-order valence-electron chi connectivity index (χ0n) is 18.9. The molecule has 8 nitrogen and oxygen atoms in total. The van der Waals surface area contributed by atoms with Gasteiger partial charge in [-0.15, -0.1) is 0 Å². The topological polar surface area (TPSA) is 86.6 Å². The van der Waals surface area contributed by atoms with Gasteiger partial charge in [-0.3, -0.25) is 0 Å². The van der Waals surface area contributed by atoms with E-state index in [0.717, 1.165) is 60.7 Å². The highest BCUT2D eigenvalue weighted by Gasteiger charge is 2.61. The van der Waals surface area contributed by atoms with E-state index in [1.165, 1.54) is 6.42 Å². The molecule has 8 heteroatoms. The van der Waals surface area contributed by atoms with Gasteiger partial charge >= 0.3 is 0 Å². The van der Waals surface area contributed by atoms with E-state index in [1.807, 2.05) is 26.2 Å². The van der Waals surface area contributed by atoms with Gasteiger partial charge < -0.3 is 25.0 Å². The molecule has 168 valence electrons. The third kappa shape index (κ3) is 2.81. The lowest BCUT2D eigenvalue weighted by atomic mass is 9.50. The third-order valence-electron chi connectivity index (χ3n) is 7.98. The Kier molecular flexibility index (Phi) is 4.06. The third-order valence-corrected chi connectivity index (χ3v) is 7.98. The number of pyridine rings is 1. The van der Waals surface area contributed by atoms with E-state index in [1.54, 1.807) is 13.3 Å². The Balaban J connectivity index is 1.38. The number of ether oxygens (including phenoxy) is 1. The summed E-state index contributed by atoms with van der Waals surface area (Å²) in [5.41, 5.74) is 2.12. The molecule has 4 bridgehead atoms. The van der Waals surface area contributed by atoms with Crippen LogP contribution in [0.5, 0.6) is 5.88 Å². The first-order chi connectivity index (χ1) is 15.3. The summed E-state index contributed by atoms with van der Waals surface area (Å²) in [4.78, 5) is 18.2. The molecule has 7 rings (SSSR count). The highest BCUT2D eigenvalue weighted by molar-refractivity contribution is 5.80. The lowest BCUT2D eigenvalue weighted by Gasteiger charge is -2.62. The van der Waals surface area contributed by atoms with Crippen molar-refractivity contribution in [3.8, 4) is 5.88 Å². The van der Waals surface area contributed by atoms with Crippen LogP contribution in [0.2, 0.25) is 0 Å². The Labute approximate surface area is 188 Å². The van der Waals surface area contributed by atoms with E-state index < -0.39 is 5.60 Å². The molecular weight excluding hydrogens is 404 g/mol. The highest BCUT2D eigenvalue weighted by atomic mass is 16.5. The molecule has 4 fully saturated rings. The van der Waals surface area contributed by atoms with Crippen molar-refractivity contribution in [2.75, 3.05) is 29.3 Å². The number of aryl methyl sites for hydroxylation is 1. The van der Waals surface area contributed by atoms with Crippen molar-refractivity contribution in [2.24, 2.45) is 11.8 Å². The molecule has 0 radical (unpaired) electrons. The average molecular weight is 435 g/mol. The van der Waals surface area contributed by atoms with E-state index >= 15 is 0 Å². The van der Waals surface area contributed by atoms with Crippen LogP contribution in [0.3, 0.4) is 0 Å². The van der Waals surface area contributed by atoms with Crippen molar-refractivity contribution in [3.05, 3.63) is 36.4 Å². The summed E-state index contributed by atoms with van der Waals surface area (Å²) in [5.74, 6) is 4.05. The molecule has 3 heterocycles. The van der Waals surface area contributed by atoms with Gasteiger partial charge in [0.1, 0.15) is 11.5 Å². The fourth-order valence-electron chi connectivity index (χ4n) is 7.06. The van der Waals surface area contributed by atoms with Gasteiger partial charge in [0.2, 0.25) is 11.8 Å². The molecule has 4 aliphatic carbocycles. The molecule has 2 atom stereocenters. The monoisotopic (exact) mass is 434 g/mol. The Morgan fingerprint density at radius 3 is 2.59 bits per heavy atom. The fraction of sp³-hybridized carbons (Fsp3) is 0.542. The first-order valence-electron chi connectivity index (χ1n) is 11.4. The maximum absolute atomic E-state index is 11.3. The van der Waals surface area contributed by atoms with E-state index in [2.05, 4.69) is 31.7 Å². The van der Waals surface area contributed by atoms with Crippen LogP contribution in [-0.2, 0) is 0 Å². The number of nitrogens with one attached hydrogen (secondary N) is 1. The minimum Gasteiger partial charge on any atom is -0.481 e. The van der Waals surface area contributed by atoms with E-state index in [0.29, 0.717) is 23.7 Å². The van der Waals surface area contributed by atoms with Gasteiger partial charge in [-0.1, -0.05) is 6.58 Å². The molecular formula is C24H30N6O2. The van der Waals surface area contributed by atoms with Crippen molar-refractivity contribution in [1.82, 2.24) is 15.0 Å². The van der Waals surface area contributed by atoms with Crippen molar-refractivity contribution in [3.63, 3.8) is 0 Å². The van der Waals surface area contributed by atoms with Gasteiger partial charge in [-0.2, -0.15) is 4.98 Å². The van der Waals surface area contributed by atoms with Crippen molar-refractivity contribution in [1.29, 1.82) is 0 Å². The summed E-state index contributed by atoms with van der Waals surface area (Å²) in [6, 6.07) is 1.88. The molecule has 2 aromatic heterocycles. The summed E-state index contributed by atoms with van der Waals surface area (Å²) in [7, 11) is 3.63. The minimum atomic E-state index is -0.550. The van der Waals surface area contributed by atoms with E-state index in [4.69, 9.17) is 9.72 Å². The summed E-state index contributed by atoms with van der Waals surface area (Å²) < 4.78 is 5.21. The van der Waals surface area contributed by atoms with E-state index in [-0.39, 0.29) is 5.54 Å². The number of aliphatic hydroxyl groups is 1. The highest BCUT2D eigenvalue weighted by Crippen LogP contribution is 2.62. The maximum atomic E-state index is 11.3. The summed E-state index contributed by atoms with van der Waals surface area (Å²) in [6.45, 7) is 6.41. The number of hydrogen-bond acceptors (Lipinski definition) is 8. The maximum Gasteiger partial charge on any atom is 0.229 e. The zero-order chi connectivity index (χ0) is 22.3. The molecule has 0 aromatic carbocycles. The number of nitrogens with zero attached hydrogens (tertiary/aromatic N) is 5. The Hall–Kier alpha value is -2.87. The van der Waals surface area contributed by atoms with E-state index in [9.17, 15) is 5.11 Å². The molecule has 2 aromatic rings. The second-order valence-electron chi connectivity index (χ2n) is 10.3. The molecule has 32 heavy (non-hydrogen) atoms. The second kappa shape index (κ2) is 6.57. The van der Waals surface area contributed by atoms with Crippen molar-refractivity contribution < 1.29 is 9.84 Å². The van der Waals surface area contributed by atoms with Gasteiger partial charge in [0.05, 0.1) is 36.3 Å². The summed E-state index contributed by atoms with van der Waals surface area (Å²) in [6.07, 6.45) is 9.68. The smallest absolute Gasteiger partial charge is 0.229 e. The van der Waals surface area contributed by atoms with Crippen molar-refractivity contribution >= 4 is 23.1 Å². The van der Waals surface area contributed by atoms with Crippen LogP contribution >= 0.6 is 0 Å². The molecule has 5 aliphatic rings. The first-order valence-corrected chi connectivity index (χ1v) is 11.4. The van der Waals surface area contributed by atoms with Crippen LogP contribution in [0, 0.1) is 18.8 Å². The standard InChI is InChI=1S/C24H30N6O2/c1-14-5-20(32-4)25-11-18(14)27-22-26-12-19-21(28-22)30(15(2)29(19)3)23-7-16-6-17(8-23)10-24(31,9-16)13-23/h5,11-12,16-17,31H,2,6-10,13H2,1,3-4H3,(H,26,27,28). The number of anilines is 4. The molecule has 4 saturated carbocycles. The largest absolute Gasteiger partial charge is 0.481 e. The molecule has 2 N–H and O–H groups in total. The minimum absolute atomic E-state index is 0.126. The van der Waals surface area contributed by atoms with Crippen molar-refractivity contribution in [2.45, 2.75) is 56.6 Å². The number of hydrogen-bond donors (Lipinski definition) is 2. The Morgan fingerprint density at radius 2 is 1.94 bits per heavy atom. The molecule has 0 amide bonds. The number of fused-ring (bicyclic) bond motifs is 1. The first kappa shape index (κ1) is 19.8. The SMILES string of the molecule is C=C1N(C)c2cnc(Nc3cnc(OC)cc3C)nc2N1C12CC3CC(CC(O)(C3)C1)C2.